The summed E-state index contributed by atoms with van der Waals surface area (Å²) in [5.41, 5.74) is 0. The van der Waals surface area contributed by atoms with Gasteiger partial charge in [-0.1, -0.05) is 43.2 Å². The number of allylic oxidation sites excluding steroid dienone is 3. The van der Waals surface area contributed by atoms with Crippen LogP contribution in [0.5, 0.6) is 0 Å². The van der Waals surface area contributed by atoms with Gasteiger partial charge in [-0.25, -0.2) is 0 Å². The highest BCUT2D eigenvalue weighted by molar-refractivity contribution is 5.66. The molecule has 5 nitrogen and oxygen atoms in total. The average molecular weight is 395 g/mol. The molecule has 3 N–H and O–H groups in total. The number of aliphatic hydroxyl groups excluding tert-OH is 2. The van der Waals surface area contributed by atoms with E-state index in [9.17, 15) is 9.90 Å². The van der Waals surface area contributed by atoms with Crippen LogP contribution in [-0.2, 0) is 9.53 Å². The van der Waals surface area contributed by atoms with Crippen molar-refractivity contribution in [2.45, 2.75) is 76.4 Å². The zero-order chi connectivity index (χ0) is 20.6. The van der Waals surface area contributed by atoms with Gasteiger partial charge in [0.15, 0.2) is 0 Å². The van der Waals surface area contributed by atoms with Gasteiger partial charge >= 0.3 is 5.97 Å². The molecule has 0 aromatic rings. The van der Waals surface area contributed by atoms with E-state index in [1.165, 1.54) is 0 Å². The number of rotatable bonds is 16. The maximum Gasteiger partial charge on any atom is 0.303 e. The third kappa shape index (κ3) is 10.2. The second-order valence-electron chi connectivity index (χ2n) is 7.55. The summed E-state index contributed by atoms with van der Waals surface area (Å²) in [6, 6.07) is 0. The number of hydrogen-bond acceptors (Lipinski definition) is 4. The molecule has 1 fully saturated rings. The largest absolute Gasteiger partial charge is 0.481 e. The Morgan fingerprint density at radius 3 is 2.54 bits per heavy atom. The van der Waals surface area contributed by atoms with E-state index in [1.54, 1.807) is 6.08 Å². The number of aliphatic hydroxyl groups is 2. The first kappa shape index (κ1) is 24.6. The molecular weight excluding hydrogens is 356 g/mol. The lowest BCUT2D eigenvalue weighted by atomic mass is 9.89. The van der Waals surface area contributed by atoms with Crippen molar-refractivity contribution < 1.29 is 24.9 Å². The fourth-order valence-electron chi connectivity index (χ4n) is 3.78. The lowest BCUT2D eigenvalue weighted by Gasteiger charge is -2.21. The van der Waals surface area contributed by atoms with E-state index in [0.717, 1.165) is 44.9 Å². The predicted octanol–water partition coefficient (Wildman–Crippen LogP) is 4.25. The van der Waals surface area contributed by atoms with Gasteiger partial charge in [0.2, 0.25) is 0 Å². The number of hydrogen-bond donors (Lipinski definition) is 3. The molecule has 0 aromatic heterocycles. The summed E-state index contributed by atoms with van der Waals surface area (Å²) in [4.78, 5) is 10.6. The maximum absolute atomic E-state index is 10.6. The molecule has 1 aliphatic rings. The number of carbonyl (C=O) groups is 1. The van der Waals surface area contributed by atoms with Gasteiger partial charge in [0.1, 0.15) is 0 Å². The fraction of sp³-hybridized carbons (Fsp3) is 0.696. The van der Waals surface area contributed by atoms with Crippen LogP contribution in [0.25, 0.3) is 0 Å². The van der Waals surface area contributed by atoms with Gasteiger partial charge < -0.3 is 20.1 Å². The third-order valence-corrected chi connectivity index (χ3v) is 5.29. The highest BCUT2D eigenvalue weighted by atomic mass is 16.5. The molecule has 0 saturated heterocycles. The zero-order valence-corrected chi connectivity index (χ0v) is 17.0. The van der Waals surface area contributed by atoms with Crippen molar-refractivity contribution >= 4 is 5.97 Å². The Morgan fingerprint density at radius 1 is 1.07 bits per heavy atom. The SMILES string of the molecule is C=CCO[C@@H]1C[C@H](O)C(CC=CCCCC(=O)O)[C@H]1C=CCCCCCCO. The van der Waals surface area contributed by atoms with Gasteiger partial charge in [-0.15, -0.1) is 6.58 Å². The Morgan fingerprint density at radius 2 is 1.82 bits per heavy atom. The minimum absolute atomic E-state index is 0.00375. The molecule has 0 spiro atoms. The highest BCUT2D eigenvalue weighted by Crippen LogP contribution is 2.38. The average Bonchev–Trinajstić information content (AvgIpc) is 2.96. The Bertz CT molecular complexity index is 485. The first-order valence-corrected chi connectivity index (χ1v) is 10.6. The molecule has 0 heterocycles. The lowest BCUT2D eigenvalue weighted by molar-refractivity contribution is -0.137. The van der Waals surface area contributed by atoms with Crippen LogP contribution in [0.1, 0.15) is 64.2 Å². The predicted molar refractivity (Wildman–Crippen MR) is 112 cm³/mol. The molecule has 0 bridgehead atoms. The standard InChI is InChI=1S/C23H38O5/c1-2-17-28-22-18-21(25)19(13-9-6-7-11-15-23(26)27)20(22)14-10-5-3-4-8-12-16-24/h2,6,9-10,14,19-22,24-25H,1,3-5,7-8,11-13,15-18H2,(H,26,27)/t19?,20-,21+,22-/m1/s1. The molecule has 0 radical (unpaired) electrons. The molecule has 28 heavy (non-hydrogen) atoms. The maximum atomic E-state index is 10.6. The molecule has 0 aliphatic heterocycles. The van der Waals surface area contributed by atoms with Crippen LogP contribution in [0.4, 0.5) is 0 Å². The summed E-state index contributed by atoms with van der Waals surface area (Å²) in [7, 11) is 0. The van der Waals surface area contributed by atoms with E-state index in [0.29, 0.717) is 19.4 Å². The molecule has 5 heteroatoms. The van der Waals surface area contributed by atoms with E-state index >= 15 is 0 Å². The Balaban J connectivity index is 2.53. The van der Waals surface area contributed by atoms with Gasteiger partial charge in [-0.3, -0.25) is 4.79 Å². The molecule has 0 aromatic carbocycles. The summed E-state index contributed by atoms with van der Waals surface area (Å²) in [6.07, 6.45) is 18.0. The van der Waals surface area contributed by atoms with Gasteiger partial charge in [0.25, 0.3) is 0 Å². The third-order valence-electron chi connectivity index (χ3n) is 5.29. The van der Waals surface area contributed by atoms with Gasteiger partial charge in [-0.2, -0.15) is 0 Å². The highest BCUT2D eigenvalue weighted by Gasteiger charge is 2.40. The number of carboxylic acid groups (broad SMARTS) is 1. The second kappa shape index (κ2) is 15.5. The molecule has 1 saturated carbocycles. The number of carboxylic acids is 1. The van der Waals surface area contributed by atoms with Crippen molar-refractivity contribution in [2.24, 2.45) is 11.8 Å². The molecular formula is C23H38O5. The van der Waals surface area contributed by atoms with Crippen LogP contribution in [0, 0.1) is 11.8 Å². The van der Waals surface area contributed by atoms with Crippen LogP contribution < -0.4 is 0 Å². The van der Waals surface area contributed by atoms with E-state index in [2.05, 4.69) is 24.8 Å². The fourth-order valence-corrected chi connectivity index (χ4v) is 3.78. The molecule has 1 unspecified atom stereocenters. The summed E-state index contributed by atoms with van der Waals surface area (Å²) in [6.45, 7) is 4.46. The van der Waals surface area contributed by atoms with Gasteiger partial charge in [-0.05, 0) is 44.4 Å². The van der Waals surface area contributed by atoms with Crippen LogP contribution >= 0.6 is 0 Å². The monoisotopic (exact) mass is 394 g/mol. The van der Waals surface area contributed by atoms with Gasteiger partial charge in [0, 0.05) is 25.4 Å². The molecule has 1 rings (SSSR count). The zero-order valence-electron chi connectivity index (χ0n) is 17.0. The Hall–Kier alpha value is -1.43. The number of aliphatic carboxylic acids is 1. The smallest absolute Gasteiger partial charge is 0.303 e. The van der Waals surface area contributed by atoms with E-state index in [-0.39, 0.29) is 31.0 Å². The first-order valence-electron chi connectivity index (χ1n) is 10.6. The van der Waals surface area contributed by atoms with Gasteiger partial charge in [0.05, 0.1) is 18.8 Å². The topological polar surface area (TPSA) is 87.0 Å². The normalized spacial score (nSPS) is 25.1. The van der Waals surface area contributed by atoms with E-state index in [4.69, 9.17) is 14.9 Å². The van der Waals surface area contributed by atoms with Crippen LogP contribution in [-0.4, -0.2) is 46.7 Å². The second-order valence-corrected chi connectivity index (χ2v) is 7.55. The Kier molecular flexibility index (Phi) is 13.6. The Labute approximate surface area is 169 Å². The minimum atomic E-state index is -0.761. The van der Waals surface area contributed by atoms with Crippen molar-refractivity contribution in [2.75, 3.05) is 13.2 Å². The quantitative estimate of drug-likeness (QED) is 0.269. The lowest BCUT2D eigenvalue weighted by Crippen LogP contribution is -2.22. The number of ether oxygens (including phenoxy) is 1. The van der Waals surface area contributed by atoms with E-state index in [1.807, 2.05) is 6.08 Å². The van der Waals surface area contributed by atoms with Crippen molar-refractivity contribution in [1.82, 2.24) is 0 Å². The van der Waals surface area contributed by atoms with Crippen molar-refractivity contribution in [3.8, 4) is 0 Å². The summed E-state index contributed by atoms with van der Waals surface area (Å²) < 4.78 is 5.90. The number of unbranched alkanes of at least 4 members (excludes halogenated alkanes) is 5. The summed E-state index contributed by atoms with van der Waals surface area (Å²) in [5, 5.41) is 28.0. The van der Waals surface area contributed by atoms with E-state index < -0.39 is 12.1 Å². The van der Waals surface area contributed by atoms with Crippen molar-refractivity contribution in [1.29, 1.82) is 0 Å². The van der Waals surface area contributed by atoms with Crippen molar-refractivity contribution in [3.05, 3.63) is 37.0 Å². The molecule has 160 valence electrons. The van der Waals surface area contributed by atoms with Crippen LogP contribution in [0.15, 0.2) is 37.0 Å². The van der Waals surface area contributed by atoms with Crippen LogP contribution in [0.3, 0.4) is 0 Å². The first-order chi connectivity index (χ1) is 13.6. The summed E-state index contributed by atoms with van der Waals surface area (Å²) in [5.74, 6) is -0.462. The molecule has 4 atom stereocenters. The molecule has 1 aliphatic carbocycles. The van der Waals surface area contributed by atoms with Crippen molar-refractivity contribution in [3.63, 3.8) is 0 Å². The van der Waals surface area contributed by atoms with Crippen LogP contribution in [0.2, 0.25) is 0 Å². The minimum Gasteiger partial charge on any atom is -0.481 e. The summed E-state index contributed by atoms with van der Waals surface area (Å²) >= 11 is 0. The molecule has 0 amide bonds.